The third kappa shape index (κ3) is 2.88. The van der Waals surface area contributed by atoms with E-state index in [-0.39, 0.29) is 6.04 Å². The van der Waals surface area contributed by atoms with Gasteiger partial charge in [-0.25, -0.2) is 0 Å². The van der Waals surface area contributed by atoms with Crippen molar-refractivity contribution < 1.29 is 13.2 Å². The van der Waals surface area contributed by atoms with Crippen LogP contribution in [0.1, 0.15) is 18.4 Å². The Balaban J connectivity index is 2.21. The van der Waals surface area contributed by atoms with E-state index in [4.69, 9.17) is 5.73 Å². The molecular weight excluding hydrogens is 231 g/mol. The van der Waals surface area contributed by atoms with E-state index in [0.717, 1.165) is 31.6 Å². The van der Waals surface area contributed by atoms with E-state index in [2.05, 4.69) is 4.98 Å². The second kappa shape index (κ2) is 4.52. The third-order valence-electron chi connectivity index (χ3n) is 2.87. The van der Waals surface area contributed by atoms with Crippen molar-refractivity contribution in [3.63, 3.8) is 0 Å². The first-order chi connectivity index (χ1) is 7.97. The largest absolute Gasteiger partial charge is 0.417 e. The summed E-state index contributed by atoms with van der Waals surface area (Å²) in [6.45, 7) is 1.32. The highest BCUT2D eigenvalue weighted by Crippen LogP contribution is 2.31. The molecule has 2 rings (SSSR count). The summed E-state index contributed by atoms with van der Waals surface area (Å²) in [6.07, 6.45) is -0.234. The van der Waals surface area contributed by atoms with Crippen LogP contribution >= 0.6 is 0 Å². The lowest BCUT2D eigenvalue weighted by molar-refractivity contribution is -0.137. The van der Waals surface area contributed by atoms with Crippen LogP contribution in [0, 0.1) is 0 Å². The number of nitrogens with two attached hydrogens (primary N) is 1. The molecule has 94 valence electrons. The van der Waals surface area contributed by atoms with Gasteiger partial charge in [-0.15, -0.1) is 0 Å². The molecule has 2 N–H and O–H groups in total. The van der Waals surface area contributed by atoms with E-state index in [1.165, 1.54) is 6.20 Å². The second-order valence-corrected chi connectivity index (χ2v) is 4.28. The van der Waals surface area contributed by atoms with Gasteiger partial charge in [0, 0.05) is 25.3 Å². The number of nitrogens with zero attached hydrogens (tertiary/aromatic N) is 2. The van der Waals surface area contributed by atoms with Crippen LogP contribution in [0.25, 0.3) is 0 Å². The zero-order chi connectivity index (χ0) is 12.5. The number of piperidine rings is 1. The van der Waals surface area contributed by atoms with Crippen LogP contribution in [0.2, 0.25) is 0 Å². The van der Waals surface area contributed by atoms with Crippen molar-refractivity contribution in [3.8, 4) is 0 Å². The van der Waals surface area contributed by atoms with Crippen molar-refractivity contribution in [1.82, 2.24) is 4.98 Å². The van der Waals surface area contributed by atoms with Gasteiger partial charge < -0.3 is 10.6 Å². The summed E-state index contributed by atoms with van der Waals surface area (Å²) < 4.78 is 37.6. The highest BCUT2D eigenvalue weighted by atomic mass is 19.4. The van der Waals surface area contributed by atoms with Crippen LogP contribution in [-0.2, 0) is 6.18 Å². The van der Waals surface area contributed by atoms with Gasteiger partial charge in [0.15, 0.2) is 0 Å². The molecule has 0 spiro atoms. The standard InChI is InChI=1S/C11H14F3N3/c12-11(13,14)8-4-10(6-16-5-8)17-3-1-2-9(15)7-17/h4-6,9H,1-3,7,15H2/t9-/m0/s1. The molecule has 0 aromatic carbocycles. The highest BCUT2D eigenvalue weighted by Gasteiger charge is 2.31. The summed E-state index contributed by atoms with van der Waals surface area (Å²) in [4.78, 5) is 5.51. The van der Waals surface area contributed by atoms with Crippen LogP contribution in [0.15, 0.2) is 18.5 Å². The molecule has 2 heterocycles. The van der Waals surface area contributed by atoms with E-state index >= 15 is 0 Å². The van der Waals surface area contributed by atoms with Gasteiger partial charge in [0.2, 0.25) is 0 Å². The average molecular weight is 245 g/mol. The van der Waals surface area contributed by atoms with Crippen molar-refractivity contribution in [3.05, 3.63) is 24.0 Å². The molecule has 0 aliphatic carbocycles. The van der Waals surface area contributed by atoms with E-state index < -0.39 is 11.7 Å². The van der Waals surface area contributed by atoms with Gasteiger partial charge in [-0.2, -0.15) is 13.2 Å². The van der Waals surface area contributed by atoms with Gasteiger partial charge in [-0.1, -0.05) is 0 Å². The van der Waals surface area contributed by atoms with Gasteiger partial charge in [-0.3, -0.25) is 4.98 Å². The summed E-state index contributed by atoms with van der Waals surface area (Å²) in [5, 5.41) is 0. The SMILES string of the molecule is N[C@H]1CCCN(c2cncc(C(F)(F)F)c2)C1. The number of rotatable bonds is 1. The number of aromatic nitrogens is 1. The van der Waals surface area contributed by atoms with Crippen molar-refractivity contribution in [2.24, 2.45) is 5.73 Å². The molecule has 1 atom stereocenters. The fraction of sp³-hybridized carbons (Fsp3) is 0.545. The van der Waals surface area contributed by atoms with Crippen molar-refractivity contribution in [2.45, 2.75) is 25.1 Å². The number of hydrogen-bond acceptors (Lipinski definition) is 3. The number of hydrogen-bond donors (Lipinski definition) is 1. The fourth-order valence-electron chi connectivity index (χ4n) is 2.00. The Kier molecular flexibility index (Phi) is 3.24. The third-order valence-corrected chi connectivity index (χ3v) is 2.87. The van der Waals surface area contributed by atoms with Crippen molar-refractivity contribution >= 4 is 5.69 Å². The van der Waals surface area contributed by atoms with Crippen LogP contribution in [0.5, 0.6) is 0 Å². The van der Waals surface area contributed by atoms with Crippen LogP contribution in [0.3, 0.4) is 0 Å². The molecule has 0 bridgehead atoms. The molecular formula is C11H14F3N3. The topological polar surface area (TPSA) is 42.1 Å². The normalized spacial score (nSPS) is 21.6. The predicted octanol–water partition coefficient (Wildman–Crippen LogP) is 2.03. The summed E-state index contributed by atoms with van der Waals surface area (Å²) in [5.41, 5.74) is 5.58. The monoisotopic (exact) mass is 245 g/mol. The Labute approximate surface area is 97.4 Å². The first-order valence-corrected chi connectivity index (χ1v) is 5.49. The van der Waals surface area contributed by atoms with E-state index in [0.29, 0.717) is 12.2 Å². The smallest absolute Gasteiger partial charge is 0.369 e. The lowest BCUT2D eigenvalue weighted by atomic mass is 10.1. The summed E-state index contributed by atoms with van der Waals surface area (Å²) >= 11 is 0. The quantitative estimate of drug-likeness (QED) is 0.823. The maximum atomic E-state index is 12.5. The molecule has 0 amide bonds. The zero-order valence-electron chi connectivity index (χ0n) is 9.24. The Bertz CT molecular complexity index is 392. The lowest BCUT2D eigenvalue weighted by Gasteiger charge is -2.32. The number of pyridine rings is 1. The lowest BCUT2D eigenvalue weighted by Crippen LogP contribution is -2.42. The van der Waals surface area contributed by atoms with Crippen LogP contribution in [0.4, 0.5) is 18.9 Å². The van der Waals surface area contributed by atoms with Crippen LogP contribution < -0.4 is 10.6 Å². The zero-order valence-corrected chi connectivity index (χ0v) is 9.24. The molecule has 1 aliphatic rings. The summed E-state index contributed by atoms with van der Waals surface area (Å²) in [5.74, 6) is 0. The summed E-state index contributed by atoms with van der Waals surface area (Å²) in [7, 11) is 0. The molecule has 1 saturated heterocycles. The first kappa shape index (κ1) is 12.2. The van der Waals surface area contributed by atoms with Gasteiger partial charge >= 0.3 is 6.18 Å². The van der Waals surface area contributed by atoms with Gasteiger partial charge in [-0.05, 0) is 18.9 Å². The average Bonchev–Trinajstić information content (AvgIpc) is 2.28. The molecule has 1 fully saturated rings. The Morgan fingerprint density at radius 2 is 2.12 bits per heavy atom. The minimum absolute atomic E-state index is 0.0262. The van der Waals surface area contributed by atoms with E-state index in [1.54, 1.807) is 0 Å². The van der Waals surface area contributed by atoms with Gasteiger partial charge in [0.05, 0.1) is 17.4 Å². The molecule has 6 heteroatoms. The molecule has 1 aliphatic heterocycles. The fourth-order valence-corrected chi connectivity index (χ4v) is 2.00. The molecule has 0 saturated carbocycles. The summed E-state index contributed by atoms with van der Waals surface area (Å²) in [6, 6.07) is 1.16. The second-order valence-electron chi connectivity index (χ2n) is 4.28. The van der Waals surface area contributed by atoms with E-state index in [9.17, 15) is 13.2 Å². The van der Waals surface area contributed by atoms with Crippen LogP contribution in [-0.4, -0.2) is 24.1 Å². The maximum absolute atomic E-state index is 12.5. The number of anilines is 1. The Morgan fingerprint density at radius 1 is 1.35 bits per heavy atom. The minimum Gasteiger partial charge on any atom is -0.369 e. The molecule has 1 aromatic heterocycles. The Morgan fingerprint density at radius 3 is 2.76 bits per heavy atom. The highest BCUT2D eigenvalue weighted by molar-refractivity contribution is 5.47. The molecule has 3 nitrogen and oxygen atoms in total. The maximum Gasteiger partial charge on any atom is 0.417 e. The minimum atomic E-state index is -4.35. The molecule has 0 radical (unpaired) electrons. The van der Waals surface area contributed by atoms with E-state index in [1.807, 2.05) is 4.90 Å². The molecule has 0 unspecified atom stereocenters. The first-order valence-electron chi connectivity index (χ1n) is 5.49. The number of alkyl halides is 3. The van der Waals surface area contributed by atoms with Crippen molar-refractivity contribution in [2.75, 3.05) is 18.0 Å². The van der Waals surface area contributed by atoms with Crippen molar-refractivity contribution in [1.29, 1.82) is 0 Å². The number of halogens is 3. The molecule has 17 heavy (non-hydrogen) atoms. The van der Waals surface area contributed by atoms with Gasteiger partial charge in [0.1, 0.15) is 0 Å². The molecule has 1 aromatic rings. The predicted molar refractivity (Wildman–Crippen MR) is 58.7 cm³/mol. The van der Waals surface area contributed by atoms with Gasteiger partial charge in [0.25, 0.3) is 0 Å². The Hall–Kier alpha value is -1.30.